The summed E-state index contributed by atoms with van der Waals surface area (Å²) in [5.74, 6) is 1.14. The molecule has 0 spiro atoms. The molecule has 0 radical (unpaired) electrons. The van der Waals surface area contributed by atoms with Crippen molar-refractivity contribution in [2.24, 2.45) is 0 Å². The molecule has 4 rings (SSSR count). The first-order chi connectivity index (χ1) is 12.2. The van der Waals surface area contributed by atoms with Gasteiger partial charge in [-0.05, 0) is 50.7 Å². The van der Waals surface area contributed by atoms with Crippen molar-refractivity contribution in [3.8, 4) is 11.5 Å². The second kappa shape index (κ2) is 6.55. The van der Waals surface area contributed by atoms with Gasteiger partial charge >= 0.3 is 0 Å². The topological polar surface area (TPSA) is 92.4 Å². The van der Waals surface area contributed by atoms with Gasteiger partial charge in [0.15, 0.2) is 0 Å². The summed E-state index contributed by atoms with van der Waals surface area (Å²) in [5, 5.41) is 14.5. The monoisotopic (exact) mass is 342 g/mol. The van der Waals surface area contributed by atoms with Crippen molar-refractivity contribution in [3.05, 3.63) is 30.3 Å². The van der Waals surface area contributed by atoms with Crippen molar-refractivity contribution < 1.29 is 14.4 Å². The minimum absolute atomic E-state index is 0.108. The minimum Gasteiger partial charge on any atom is -0.380 e. The van der Waals surface area contributed by atoms with Crippen LogP contribution in [0.3, 0.4) is 0 Å². The number of aliphatic hydroxyl groups is 1. The SMILES string of the molecule is O=C(N1CCC(c2nc(-c3ccccn3)no2)CC1)C1(O)CCCC1. The van der Waals surface area contributed by atoms with Gasteiger partial charge in [0, 0.05) is 25.2 Å². The van der Waals surface area contributed by atoms with Crippen molar-refractivity contribution in [1.82, 2.24) is 20.0 Å². The Hall–Kier alpha value is -2.28. The second-order valence-electron chi connectivity index (χ2n) is 6.98. The summed E-state index contributed by atoms with van der Waals surface area (Å²) in [4.78, 5) is 23.1. The molecule has 132 valence electrons. The van der Waals surface area contributed by atoms with Gasteiger partial charge in [0.05, 0.1) is 0 Å². The maximum absolute atomic E-state index is 12.6. The first-order valence-corrected chi connectivity index (χ1v) is 8.92. The third kappa shape index (κ3) is 3.16. The van der Waals surface area contributed by atoms with Crippen molar-refractivity contribution in [3.63, 3.8) is 0 Å². The zero-order valence-electron chi connectivity index (χ0n) is 14.1. The Morgan fingerprint density at radius 3 is 2.68 bits per heavy atom. The molecular formula is C18H22N4O3. The van der Waals surface area contributed by atoms with E-state index < -0.39 is 5.60 Å². The number of carbonyl (C=O) groups excluding carboxylic acids is 1. The Labute approximate surface area is 146 Å². The molecular weight excluding hydrogens is 320 g/mol. The second-order valence-corrected chi connectivity index (χ2v) is 6.98. The van der Waals surface area contributed by atoms with Crippen LogP contribution in [0.2, 0.25) is 0 Å². The molecule has 0 atom stereocenters. The van der Waals surface area contributed by atoms with E-state index in [1.54, 1.807) is 11.1 Å². The fourth-order valence-electron chi connectivity index (χ4n) is 3.80. The van der Waals surface area contributed by atoms with E-state index in [2.05, 4.69) is 15.1 Å². The summed E-state index contributed by atoms with van der Waals surface area (Å²) in [6.07, 6.45) is 6.26. The van der Waals surface area contributed by atoms with Crippen molar-refractivity contribution in [2.45, 2.75) is 50.0 Å². The van der Waals surface area contributed by atoms with Crippen LogP contribution in [-0.4, -0.2) is 49.7 Å². The summed E-state index contributed by atoms with van der Waals surface area (Å²) < 4.78 is 5.42. The molecule has 0 bridgehead atoms. The van der Waals surface area contributed by atoms with Crippen molar-refractivity contribution in [2.75, 3.05) is 13.1 Å². The van der Waals surface area contributed by atoms with Gasteiger partial charge < -0.3 is 14.5 Å². The fraction of sp³-hybridized carbons (Fsp3) is 0.556. The van der Waals surface area contributed by atoms with E-state index in [-0.39, 0.29) is 11.8 Å². The number of hydrogen-bond donors (Lipinski definition) is 1. The van der Waals surface area contributed by atoms with Crippen LogP contribution in [0.1, 0.15) is 50.3 Å². The van der Waals surface area contributed by atoms with E-state index in [4.69, 9.17) is 4.52 Å². The van der Waals surface area contributed by atoms with E-state index in [0.717, 1.165) is 25.7 Å². The highest BCUT2D eigenvalue weighted by Gasteiger charge is 2.42. The molecule has 1 N–H and O–H groups in total. The molecule has 2 aromatic rings. The molecule has 0 aromatic carbocycles. The third-order valence-corrected chi connectivity index (χ3v) is 5.30. The summed E-state index contributed by atoms with van der Waals surface area (Å²) in [6.45, 7) is 1.24. The van der Waals surface area contributed by atoms with Crippen LogP contribution >= 0.6 is 0 Å². The average molecular weight is 342 g/mol. The molecule has 1 saturated carbocycles. The van der Waals surface area contributed by atoms with E-state index in [9.17, 15) is 9.90 Å². The van der Waals surface area contributed by atoms with Gasteiger partial charge in [-0.3, -0.25) is 9.78 Å². The molecule has 2 aromatic heterocycles. The van der Waals surface area contributed by atoms with Crippen LogP contribution in [0.25, 0.3) is 11.5 Å². The van der Waals surface area contributed by atoms with E-state index in [1.165, 1.54) is 0 Å². The largest absolute Gasteiger partial charge is 0.380 e. The molecule has 25 heavy (non-hydrogen) atoms. The molecule has 1 aliphatic carbocycles. The van der Waals surface area contributed by atoms with Gasteiger partial charge in [-0.2, -0.15) is 4.98 Å². The lowest BCUT2D eigenvalue weighted by Crippen LogP contribution is -2.49. The Balaban J connectivity index is 1.39. The smallest absolute Gasteiger partial charge is 0.254 e. The lowest BCUT2D eigenvalue weighted by atomic mass is 9.94. The van der Waals surface area contributed by atoms with Crippen LogP contribution in [0.4, 0.5) is 0 Å². The molecule has 7 nitrogen and oxygen atoms in total. The number of amides is 1. The quantitative estimate of drug-likeness (QED) is 0.919. The zero-order chi connectivity index (χ0) is 17.3. The van der Waals surface area contributed by atoms with Crippen LogP contribution in [-0.2, 0) is 4.79 Å². The Bertz CT molecular complexity index is 732. The molecule has 7 heteroatoms. The summed E-state index contributed by atoms with van der Waals surface area (Å²) in [6, 6.07) is 5.57. The molecule has 3 heterocycles. The number of aromatic nitrogens is 3. The molecule has 2 fully saturated rings. The van der Waals surface area contributed by atoms with Crippen LogP contribution in [0, 0.1) is 0 Å². The van der Waals surface area contributed by atoms with Gasteiger partial charge in [-0.1, -0.05) is 11.2 Å². The molecule has 2 aliphatic rings. The number of rotatable bonds is 3. The molecule has 0 unspecified atom stereocenters. The maximum Gasteiger partial charge on any atom is 0.254 e. The molecule has 1 amide bonds. The normalized spacial score (nSPS) is 20.8. The van der Waals surface area contributed by atoms with Crippen LogP contribution in [0.5, 0.6) is 0 Å². The van der Waals surface area contributed by atoms with Crippen LogP contribution in [0.15, 0.2) is 28.9 Å². The lowest BCUT2D eigenvalue weighted by Gasteiger charge is -2.35. The van der Waals surface area contributed by atoms with Crippen LogP contribution < -0.4 is 0 Å². The summed E-state index contributed by atoms with van der Waals surface area (Å²) >= 11 is 0. The average Bonchev–Trinajstić information content (AvgIpc) is 3.32. The highest BCUT2D eigenvalue weighted by molar-refractivity contribution is 5.85. The van der Waals surface area contributed by atoms with Crippen molar-refractivity contribution in [1.29, 1.82) is 0 Å². The number of piperidine rings is 1. The number of hydrogen-bond acceptors (Lipinski definition) is 6. The van der Waals surface area contributed by atoms with Gasteiger partial charge in [0.1, 0.15) is 11.3 Å². The summed E-state index contributed by atoms with van der Waals surface area (Å²) in [7, 11) is 0. The predicted molar refractivity (Wildman–Crippen MR) is 89.5 cm³/mol. The Kier molecular flexibility index (Phi) is 4.25. The number of pyridine rings is 1. The fourth-order valence-corrected chi connectivity index (χ4v) is 3.80. The highest BCUT2D eigenvalue weighted by Crippen LogP contribution is 2.34. The van der Waals surface area contributed by atoms with Crippen molar-refractivity contribution >= 4 is 5.91 Å². The number of likely N-dealkylation sites (tertiary alicyclic amines) is 1. The van der Waals surface area contributed by atoms with E-state index in [0.29, 0.717) is 43.3 Å². The predicted octanol–water partition coefficient (Wildman–Crippen LogP) is 2.14. The minimum atomic E-state index is -1.14. The third-order valence-electron chi connectivity index (χ3n) is 5.30. The number of nitrogens with zero attached hydrogens (tertiary/aromatic N) is 4. The maximum atomic E-state index is 12.6. The lowest BCUT2D eigenvalue weighted by molar-refractivity contribution is -0.151. The first-order valence-electron chi connectivity index (χ1n) is 8.92. The van der Waals surface area contributed by atoms with Gasteiger partial charge in [0.2, 0.25) is 11.7 Å². The molecule has 1 saturated heterocycles. The zero-order valence-corrected chi connectivity index (χ0v) is 14.1. The Morgan fingerprint density at radius 2 is 2.00 bits per heavy atom. The van der Waals surface area contributed by atoms with Gasteiger partial charge in [-0.15, -0.1) is 0 Å². The summed E-state index contributed by atoms with van der Waals surface area (Å²) in [5.41, 5.74) is -0.447. The van der Waals surface area contributed by atoms with Gasteiger partial charge in [0.25, 0.3) is 5.91 Å². The van der Waals surface area contributed by atoms with Gasteiger partial charge in [-0.25, -0.2) is 0 Å². The number of carbonyl (C=O) groups is 1. The van der Waals surface area contributed by atoms with E-state index in [1.807, 2.05) is 18.2 Å². The Morgan fingerprint density at radius 1 is 1.24 bits per heavy atom. The highest BCUT2D eigenvalue weighted by atomic mass is 16.5. The first kappa shape index (κ1) is 16.2. The van der Waals surface area contributed by atoms with E-state index >= 15 is 0 Å². The molecule has 1 aliphatic heterocycles. The standard InChI is InChI=1S/C18H22N4O3/c23-17(18(24)8-2-3-9-18)22-11-6-13(7-12-22)16-20-15(21-25-16)14-5-1-4-10-19-14/h1,4-5,10,13,24H,2-3,6-9,11-12H2.